The first kappa shape index (κ1) is 19.1. The number of benzene rings is 1. The molecule has 8 heteroatoms. The summed E-state index contributed by atoms with van der Waals surface area (Å²) in [5, 5.41) is 12.6. The van der Waals surface area contributed by atoms with E-state index in [0.29, 0.717) is 28.5 Å². The average Bonchev–Trinajstić information content (AvgIpc) is 3.18. The van der Waals surface area contributed by atoms with Crippen molar-refractivity contribution in [3.05, 3.63) is 75.5 Å². The number of carbonyl (C=O) groups excluding carboxylic acids is 1. The molecule has 1 N–H and O–H groups in total. The normalized spacial score (nSPS) is 11.2. The van der Waals surface area contributed by atoms with Gasteiger partial charge in [-0.05, 0) is 51.5 Å². The number of amides is 1. The number of nitrogens with zero attached hydrogens (tertiary/aromatic N) is 5. The van der Waals surface area contributed by atoms with Gasteiger partial charge in [0.25, 0.3) is 5.91 Å². The number of aromatic nitrogens is 5. The molecule has 1 aromatic carbocycles. The SMILES string of the molecule is Cc1cc(C)n2ncc(C(=O)Nc3c(C)nn(Cc4cccc(Cl)c4)c3C)c2n1. The molecule has 1 amide bonds. The van der Waals surface area contributed by atoms with Crippen LogP contribution >= 0.6 is 11.6 Å². The molecule has 0 aliphatic rings. The van der Waals surface area contributed by atoms with E-state index in [1.165, 1.54) is 0 Å². The van der Waals surface area contributed by atoms with Gasteiger partial charge in [0.05, 0.1) is 29.8 Å². The van der Waals surface area contributed by atoms with Crippen molar-refractivity contribution in [2.24, 2.45) is 0 Å². The maximum atomic E-state index is 13.0. The third-order valence-corrected chi connectivity index (χ3v) is 5.10. The van der Waals surface area contributed by atoms with Crippen molar-refractivity contribution in [1.29, 1.82) is 0 Å². The zero-order valence-corrected chi connectivity index (χ0v) is 17.4. The molecule has 0 fully saturated rings. The van der Waals surface area contributed by atoms with Crippen molar-refractivity contribution in [2.45, 2.75) is 34.2 Å². The van der Waals surface area contributed by atoms with E-state index < -0.39 is 0 Å². The van der Waals surface area contributed by atoms with E-state index in [4.69, 9.17) is 11.6 Å². The van der Waals surface area contributed by atoms with Crippen molar-refractivity contribution in [2.75, 3.05) is 5.32 Å². The van der Waals surface area contributed by atoms with Gasteiger partial charge in [0.15, 0.2) is 5.65 Å². The number of carbonyl (C=O) groups is 1. The van der Waals surface area contributed by atoms with Crippen molar-refractivity contribution in [1.82, 2.24) is 24.4 Å². The Morgan fingerprint density at radius 1 is 1.17 bits per heavy atom. The highest BCUT2D eigenvalue weighted by Gasteiger charge is 2.19. The first-order valence-corrected chi connectivity index (χ1v) is 9.63. The van der Waals surface area contributed by atoms with Gasteiger partial charge in [-0.2, -0.15) is 10.2 Å². The molecule has 0 aliphatic heterocycles. The van der Waals surface area contributed by atoms with Gasteiger partial charge in [-0.1, -0.05) is 23.7 Å². The highest BCUT2D eigenvalue weighted by Crippen LogP contribution is 2.23. The molecule has 3 heterocycles. The molecule has 0 saturated carbocycles. The molecule has 0 radical (unpaired) electrons. The highest BCUT2D eigenvalue weighted by molar-refractivity contribution is 6.30. The minimum Gasteiger partial charge on any atom is -0.319 e. The fourth-order valence-corrected chi connectivity index (χ4v) is 3.66. The third kappa shape index (κ3) is 3.61. The Morgan fingerprint density at radius 2 is 1.97 bits per heavy atom. The van der Waals surface area contributed by atoms with Crippen LogP contribution in [0.15, 0.2) is 36.5 Å². The Balaban J connectivity index is 1.63. The van der Waals surface area contributed by atoms with Crippen LogP contribution < -0.4 is 5.32 Å². The molecule has 3 aromatic heterocycles. The van der Waals surface area contributed by atoms with Crippen LogP contribution in [0, 0.1) is 27.7 Å². The number of anilines is 1. The van der Waals surface area contributed by atoms with Crippen molar-refractivity contribution < 1.29 is 4.79 Å². The fourth-order valence-electron chi connectivity index (χ4n) is 3.45. The summed E-state index contributed by atoms with van der Waals surface area (Å²) in [6.45, 7) is 8.21. The quantitative estimate of drug-likeness (QED) is 0.551. The van der Waals surface area contributed by atoms with Crippen LogP contribution in [0.3, 0.4) is 0 Å². The second kappa shape index (κ2) is 7.33. The van der Waals surface area contributed by atoms with Crippen LogP contribution in [0.4, 0.5) is 5.69 Å². The number of fused-ring (bicyclic) bond motifs is 1. The smallest absolute Gasteiger partial charge is 0.261 e. The lowest BCUT2D eigenvalue weighted by atomic mass is 10.2. The fraction of sp³-hybridized carbons (Fsp3) is 0.238. The molecule has 0 unspecified atom stereocenters. The zero-order chi connectivity index (χ0) is 20.7. The molecule has 29 heavy (non-hydrogen) atoms. The predicted octanol–water partition coefficient (Wildman–Crippen LogP) is 4.11. The summed E-state index contributed by atoms with van der Waals surface area (Å²) in [5.41, 5.74) is 6.08. The predicted molar refractivity (Wildman–Crippen MR) is 113 cm³/mol. The highest BCUT2D eigenvalue weighted by atomic mass is 35.5. The van der Waals surface area contributed by atoms with E-state index in [9.17, 15) is 4.79 Å². The number of aryl methyl sites for hydroxylation is 3. The summed E-state index contributed by atoms with van der Waals surface area (Å²) in [6, 6.07) is 9.58. The Bertz CT molecular complexity index is 1240. The molecular weight excluding hydrogens is 388 g/mol. The summed E-state index contributed by atoms with van der Waals surface area (Å²) in [7, 11) is 0. The van der Waals surface area contributed by atoms with E-state index in [-0.39, 0.29) is 5.91 Å². The lowest BCUT2D eigenvalue weighted by Crippen LogP contribution is -2.14. The standard InChI is InChI=1S/C21H21ClN6O/c1-12-8-13(2)28-20(24-12)18(10-23-28)21(29)25-19-14(3)26-27(15(19)4)11-16-6-5-7-17(22)9-16/h5-10H,11H2,1-4H3,(H,25,29). The zero-order valence-electron chi connectivity index (χ0n) is 16.7. The van der Waals surface area contributed by atoms with Gasteiger partial charge >= 0.3 is 0 Å². The monoisotopic (exact) mass is 408 g/mol. The van der Waals surface area contributed by atoms with Crippen LogP contribution in [0.1, 0.15) is 38.7 Å². The number of hydrogen-bond donors (Lipinski definition) is 1. The molecule has 4 aromatic rings. The number of hydrogen-bond acceptors (Lipinski definition) is 4. The van der Waals surface area contributed by atoms with E-state index in [2.05, 4.69) is 20.5 Å². The maximum absolute atomic E-state index is 13.0. The topological polar surface area (TPSA) is 77.1 Å². The Kier molecular flexibility index (Phi) is 4.84. The van der Waals surface area contributed by atoms with Crippen LogP contribution in [-0.2, 0) is 6.54 Å². The summed E-state index contributed by atoms with van der Waals surface area (Å²) in [6.07, 6.45) is 1.55. The van der Waals surface area contributed by atoms with Gasteiger partial charge in [-0.15, -0.1) is 0 Å². The number of nitrogens with one attached hydrogen (secondary N) is 1. The molecule has 148 valence electrons. The molecule has 0 aliphatic carbocycles. The Morgan fingerprint density at radius 3 is 2.72 bits per heavy atom. The minimum absolute atomic E-state index is 0.258. The Labute approximate surface area is 173 Å². The second-order valence-electron chi connectivity index (χ2n) is 7.12. The molecule has 7 nitrogen and oxygen atoms in total. The third-order valence-electron chi connectivity index (χ3n) is 4.86. The minimum atomic E-state index is -0.258. The van der Waals surface area contributed by atoms with Gasteiger partial charge in [-0.3, -0.25) is 9.48 Å². The largest absolute Gasteiger partial charge is 0.319 e. The number of halogens is 1. The summed E-state index contributed by atoms with van der Waals surface area (Å²) < 4.78 is 3.53. The van der Waals surface area contributed by atoms with Gasteiger partial charge in [0.2, 0.25) is 0 Å². The van der Waals surface area contributed by atoms with E-state index in [1.807, 2.05) is 62.7 Å². The van der Waals surface area contributed by atoms with E-state index >= 15 is 0 Å². The lowest BCUT2D eigenvalue weighted by Gasteiger charge is -2.07. The van der Waals surface area contributed by atoms with Crippen molar-refractivity contribution in [3.8, 4) is 0 Å². The van der Waals surface area contributed by atoms with Gasteiger partial charge in [-0.25, -0.2) is 9.50 Å². The van der Waals surface area contributed by atoms with Crippen molar-refractivity contribution in [3.63, 3.8) is 0 Å². The van der Waals surface area contributed by atoms with E-state index in [0.717, 1.165) is 28.3 Å². The summed E-state index contributed by atoms with van der Waals surface area (Å²) in [5.74, 6) is -0.258. The molecule has 4 rings (SSSR count). The van der Waals surface area contributed by atoms with Crippen LogP contribution in [0.25, 0.3) is 5.65 Å². The Hall–Kier alpha value is -3.19. The first-order valence-electron chi connectivity index (χ1n) is 9.25. The van der Waals surface area contributed by atoms with Gasteiger partial charge in [0, 0.05) is 16.4 Å². The molecule has 0 saturated heterocycles. The van der Waals surface area contributed by atoms with Crippen LogP contribution in [0.2, 0.25) is 5.02 Å². The maximum Gasteiger partial charge on any atom is 0.261 e. The average molecular weight is 409 g/mol. The second-order valence-corrected chi connectivity index (χ2v) is 7.56. The molecule has 0 spiro atoms. The molecule has 0 atom stereocenters. The van der Waals surface area contributed by atoms with Crippen LogP contribution in [0.5, 0.6) is 0 Å². The van der Waals surface area contributed by atoms with Gasteiger partial charge in [0.1, 0.15) is 5.56 Å². The lowest BCUT2D eigenvalue weighted by molar-refractivity contribution is 0.102. The molecule has 0 bridgehead atoms. The molecular formula is C21H21ClN6O. The first-order chi connectivity index (χ1) is 13.8. The van der Waals surface area contributed by atoms with Crippen LogP contribution in [-0.4, -0.2) is 30.3 Å². The van der Waals surface area contributed by atoms with E-state index in [1.54, 1.807) is 10.7 Å². The van der Waals surface area contributed by atoms with Crippen molar-refractivity contribution >= 4 is 28.8 Å². The number of rotatable bonds is 4. The van der Waals surface area contributed by atoms with Gasteiger partial charge < -0.3 is 5.32 Å². The summed E-state index contributed by atoms with van der Waals surface area (Å²) in [4.78, 5) is 17.4. The summed E-state index contributed by atoms with van der Waals surface area (Å²) >= 11 is 6.08.